The Bertz CT molecular complexity index is 6090. The smallest absolute Gasteiger partial charge is 0.338 e. The molecule has 0 aromatic heterocycles. The van der Waals surface area contributed by atoms with Crippen LogP contribution in [0.25, 0.3) is 10.4 Å². The molecular formula is C106H112FN13O17S5. The van der Waals surface area contributed by atoms with Crippen molar-refractivity contribution in [3.05, 3.63) is 380 Å². The number of amides is 1. The van der Waals surface area contributed by atoms with Crippen LogP contribution < -0.4 is 21.7 Å². The maximum atomic E-state index is 13.2. The number of aliphatic hydroxyl groups excluding tert-OH is 1. The fourth-order valence-electron chi connectivity index (χ4n) is 12.6. The minimum Gasteiger partial charge on any atom is -0.478 e. The number of carbonyl (C=O) groups excluding carboxylic acids is 6. The number of carbonyl (C=O) groups is 7. The number of Topliss-reactive ketones (excluding diaryl/α,β-unsaturated/α-hetero) is 2. The Morgan fingerprint density at radius 1 is 0.451 bits per heavy atom. The summed E-state index contributed by atoms with van der Waals surface area (Å²) in [5.41, 5.74) is 22.5. The van der Waals surface area contributed by atoms with E-state index in [-0.39, 0.29) is 77.5 Å². The number of nitrogens with zero attached hydrogens (tertiary/aromatic N) is 9. The number of benzene rings is 12. The van der Waals surface area contributed by atoms with Crippen molar-refractivity contribution in [2.75, 3.05) is 118 Å². The molecule has 0 saturated heterocycles. The molecule has 36 heteroatoms. The van der Waals surface area contributed by atoms with Gasteiger partial charge in [0.05, 0.1) is 65.0 Å². The third kappa shape index (κ3) is 39.9. The Hall–Kier alpha value is -14.2. The molecule has 0 atom stereocenters. The van der Waals surface area contributed by atoms with E-state index >= 15 is 0 Å². The zero-order valence-electron chi connectivity index (χ0n) is 80.1. The summed E-state index contributed by atoms with van der Waals surface area (Å²) in [6.45, 7) is 23.6. The third-order valence-electron chi connectivity index (χ3n) is 20.6. The maximum absolute atomic E-state index is 13.2. The first-order chi connectivity index (χ1) is 68.2. The molecule has 740 valence electrons. The molecule has 0 spiro atoms. The Morgan fingerprint density at radius 3 is 1.23 bits per heavy atom. The van der Waals surface area contributed by atoms with Gasteiger partial charge in [-0.15, -0.1) is 6.42 Å². The average Bonchev–Trinajstić information content (AvgIpc) is 0.837. The molecule has 0 bridgehead atoms. The predicted octanol–water partition coefficient (Wildman–Crippen LogP) is 21.9. The second kappa shape index (κ2) is 61.4. The number of rotatable bonds is 42. The van der Waals surface area contributed by atoms with E-state index in [9.17, 15) is 68.3 Å². The van der Waals surface area contributed by atoms with E-state index in [1.54, 1.807) is 91.5 Å². The highest BCUT2D eigenvalue weighted by Crippen LogP contribution is 2.41. The number of nitro benzene ring substituents is 3. The summed E-state index contributed by atoms with van der Waals surface area (Å²) >= 11 is 6.68. The number of nitrogens with two attached hydrogens (primary N) is 1. The second-order valence-electron chi connectivity index (χ2n) is 31.2. The molecule has 12 aromatic rings. The Balaban J connectivity index is 0.000000247. The van der Waals surface area contributed by atoms with Crippen LogP contribution in [0.4, 0.5) is 32.8 Å². The van der Waals surface area contributed by atoms with Crippen molar-refractivity contribution in [1.29, 1.82) is 0 Å². The monoisotopic (exact) mass is 2020 g/mol. The van der Waals surface area contributed by atoms with Crippen LogP contribution in [0.1, 0.15) is 128 Å². The Labute approximate surface area is 846 Å². The molecule has 0 radical (unpaired) electrons. The summed E-state index contributed by atoms with van der Waals surface area (Å²) in [7, 11) is 3.81. The zero-order chi connectivity index (χ0) is 104. The van der Waals surface area contributed by atoms with Gasteiger partial charge < -0.3 is 46.3 Å². The minimum atomic E-state index is -1.05. The SMILES string of the molecule is C#CCN(CCNC)CCOC(=O)c1ccc(C(=O)c2ccccc2)cc1.CC(=O)c1ccc(Sc2ccc(C)cc2)c(N)c1.CC(=O)c1ccc(Sc2ccc(C)cc2)c([N+](=O)[O-])c1.CCN(CCNC(=O)c1ccc(Sc2ccc(C)cc2)c([N+](=O)[O-])c1)CCOC(=O)c1ccc(Sc2ccc(F)cc2)c([N+](=O)[O-])c1.CCN(CCO)CCNC.Cc1ccc(Sc2ccc(C(=O)O)cc2N=[N+]=[N-])cc1. The summed E-state index contributed by atoms with van der Waals surface area (Å²) in [6, 6.07) is 75.6. The van der Waals surface area contributed by atoms with Gasteiger partial charge in [-0.1, -0.05) is 203 Å². The van der Waals surface area contributed by atoms with Crippen LogP contribution in [0.2, 0.25) is 0 Å². The number of carboxylic acids is 1. The van der Waals surface area contributed by atoms with Gasteiger partial charge in [-0.3, -0.25) is 59.3 Å². The average molecular weight is 2020 g/mol. The topological polar surface area (TPSA) is 428 Å². The van der Waals surface area contributed by atoms with Crippen LogP contribution >= 0.6 is 58.8 Å². The number of nitrogens with one attached hydrogen (secondary N) is 3. The Morgan fingerprint density at radius 2 is 0.803 bits per heavy atom. The highest BCUT2D eigenvalue weighted by Gasteiger charge is 2.24. The largest absolute Gasteiger partial charge is 0.478 e. The number of esters is 2. The number of aryl methyl sites for hydroxylation is 4. The molecule has 0 aliphatic carbocycles. The van der Waals surface area contributed by atoms with Crippen LogP contribution in [0.5, 0.6) is 0 Å². The molecular weight excluding hydrogens is 1910 g/mol. The fourth-order valence-corrected chi connectivity index (χ4v) is 17.0. The van der Waals surface area contributed by atoms with E-state index < -0.39 is 44.4 Å². The van der Waals surface area contributed by atoms with Crippen molar-refractivity contribution in [2.24, 2.45) is 5.11 Å². The summed E-state index contributed by atoms with van der Waals surface area (Å²) in [4.78, 5) is 133. The first-order valence-electron chi connectivity index (χ1n) is 44.6. The number of azide groups is 1. The van der Waals surface area contributed by atoms with Crippen molar-refractivity contribution in [1.82, 2.24) is 30.7 Å². The molecule has 7 N–H and O–H groups in total. The highest BCUT2D eigenvalue weighted by molar-refractivity contribution is 8.00. The number of ether oxygens (including phenoxy) is 2. The highest BCUT2D eigenvalue weighted by atomic mass is 32.2. The number of nitro groups is 3. The molecule has 0 heterocycles. The number of nitrogen functional groups attached to an aromatic ring is 1. The number of halogens is 1. The molecule has 0 fully saturated rings. The number of hydrogen-bond acceptors (Lipinski definition) is 28. The quantitative estimate of drug-likeness (QED) is 0.00238. The standard InChI is InChI=1S/C33H31FN4O7S2.C22H24N2O3.C15H13NO3S.C15H15NOS.C14H11N3O2S.C7H18N2O/c1-3-36(17-16-35-32(39)23-6-14-30(28(20-23)37(41)42)46-26-10-4-22(2)5-11-26)18-19-45-33(40)24-7-15-31(29(21-24)38(43)44)47-27-12-8-25(34)9-13-27;1-3-14-24(15-13-23-2)16-17-27-22(26)20-11-9-19(10-12-20)21(25)18-7-5-4-6-8-18;1-10-3-6-13(7-4-10)20-15-8-5-12(11(2)17)9-14(15)16(18)19;1-10-3-6-13(7-4-10)18-15-8-5-12(11(2)17)9-14(15)16;1-9-2-5-11(6-3-9)20-13-7-4-10(14(18)19)8-12(13)16-17-15;1-3-9(6-7-10)5-4-8-2/h4-15,20-21H,3,16-19H2,1-2H3,(H,35,39);1,4-12,23H,13-17H2,2H3;3-9H,1-2H3;3-9H,16H2,1-2H3;2-8H,1H3,(H,18,19);8,10H,3-7H2,1-2H3. The number of anilines is 1. The third-order valence-corrected chi connectivity index (χ3v) is 26.0. The number of aliphatic hydroxyl groups is 1. The van der Waals surface area contributed by atoms with E-state index in [1.165, 1.54) is 108 Å². The lowest BCUT2D eigenvalue weighted by atomic mass is 10.0. The zero-order valence-corrected chi connectivity index (χ0v) is 84.2. The number of ketones is 3. The molecule has 0 aliphatic rings. The predicted molar refractivity (Wildman–Crippen MR) is 558 cm³/mol. The minimum absolute atomic E-state index is 0.00675. The van der Waals surface area contributed by atoms with Gasteiger partial charge in [0, 0.05) is 150 Å². The van der Waals surface area contributed by atoms with Crippen molar-refractivity contribution < 1.29 is 72.4 Å². The van der Waals surface area contributed by atoms with Crippen LogP contribution in [-0.2, 0) is 9.47 Å². The lowest BCUT2D eigenvalue weighted by molar-refractivity contribution is -0.387. The summed E-state index contributed by atoms with van der Waals surface area (Å²) < 4.78 is 23.9. The van der Waals surface area contributed by atoms with Crippen molar-refractivity contribution in [3.63, 3.8) is 0 Å². The summed E-state index contributed by atoms with van der Waals surface area (Å²) in [6.07, 6.45) is 5.36. The van der Waals surface area contributed by atoms with Gasteiger partial charge in [0.2, 0.25) is 0 Å². The summed E-state index contributed by atoms with van der Waals surface area (Å²) in [5.74, 6) is -0.679. The molecule has 12 aromatic carbocycles. The lowest BCUT2D eigenvalue weighted by Crippen LogP contribution is -2.36. The van der Waals surface area contributed by atoms with Crippen LogP contribution in [0, 0.1) is 76.2 Å². The van der Waals surface area contributed by atoms with E-state index in [0.717, 1.165) is 103 Å². The van der Waals surface area contributed by atoms with E-state index in [1.807, 2.05) is 155 Å². The maximum Gasteiger partial charge on any atom is 0.338 e. The van der Waals surface area contributed by atoms with Crippen LogP contribution in [0.15, 0.2) is 321 Å². The van der Waals surface area contributed by atoms with E-state index in [0.29, 0.717) is 91.5 Å². The van der Waals surface area contributed by atoms with Crippen molar-refractivity contribution in [2.45, 2.75) is 104 Å². The normalized spacial score (nSPS) is 10.5. The van der Waals surface area contributed by atoms with Gasteiger partial charge in [-0.05, 0) is 226 Å². The van der Waals surface area contributed by atoms with Gasteiger partial charge in [0.15, 0.2) is 17.3 Å². The van der Waals surface area contributed by atoms with Gasteiger partial charge in [0.25, 0.3) is 23.0 Å². The number of carboxylic acid groups (broad SMARTS) is 1. The van der Waals surface area contributed by atoms with E-state index in [4.69, 9.17) is 37.4 Å². The first-order valence-corrected chi connectivity index (χ1v) is 48.7. The summed E-state index contributed by atoms with van der Waals surface area (Å²) in [5, 5.41) is 64.5. The molecule has 0 unspecified atom stereocenters. The number of aromatic carboxylic acids is 1. The molecule has 12 rings (SSSR count). The van der Waals surface area contributed by atoms with Gasteiger partial charge in [-0.25, -0.2) is 18.8 Å². The van der Waals surface area contributed by atoms with Gasteiger partial charge in [-0.2, -0.15) is 0 Å². The number of likely N-dealkylation sites (N-methyl/N-ethyl adjacent to an activating group) is 4. The van der Waals surface area contributed by atoms with Crippen molar-refractivity contribution >= 4 is 128 Å². The van der Waals surface area contributed by atoms with Crippen LogP contribution in [0.3, 0.4) is 0 Å². The molecule has 30 nitrogen and oxygen atoms in total. The first kappa shape index (κ1) is 115. The Kier molecular flexibility index (Phi) is 49.7. The lowest BCUT2D eigenvalue weighted by Gasteiger charge is -2.20. The fraction of sp³-hybridized carbons (Fsp3) is 0.236. The molecule has 142 heavy (non-hydrogen) atoms. The second-order valence-corrected chi connectivity index (χ2v) is 36.7. The number of terminal acetylenes is 1. The van der Waals surface area contributed by atoms with Crippen molar-refractivity contribution in [3.8, 4) is 12.3 Å². The van der Waals surface area contributed by atoms with Crippen LogP contribution in [-0.4, -0.2) is 193 Å². The van der Waals surface area contributed by atoms with Gasteiger partial charge >= 0.3 is 17.9 Å². The van der Waals surface area contributed by atoms with Gasteiger partial charge in [0.1, 0.15) is 19.0 Å². The van der Waals surface area contributed by atoms with E-state index in [2.05, 4.69) is 74.9 Å². The molecule has 1 amide bonds. The number of hydrogen-bond donors (Lipinski definition) is 6. The molecule has 0 saturated carbocycles. The molecule has 0 aliphatic heterocycles.